The first-order valence-corrected chi connectivity index (χ1v) is 9.59. The number of methoxy groups -OCH3 is 1. The van der Waals surface area contributed by atoms with E-state index < -0.39 is 11.7 Å². The van der Waals surface area contributed by atoms with Gasteiger partial charge in [-0.1, -0.05) is 11.8 Å². The van der Waals surface area contributed by atoms with Crippen molar-refractivity contribution in [2.24, 2.45) is 0 Å². The van der Waals surface area contributed by atoms with Gasteiger partial charge < -0.3 is 24.5 Å². The van der Waals surface area contributed by atoms with Gasteiger partial charge in [-0.2, -0.15) is 0 Å². The molecule has 9 nitrogen and oxygen atoms in total. The molecule has 2 amide bonds. The average molecular weight is 408 g/mol. The van der Waals surface area contributed by atoms with E-state index in [9.17, 15) is 9.59 Å². The first-order chi connectivity index (χ1) is 13.3. The molecule has 0 aliphatic carbocycles. The van der Waals surface area contributed by atoms with E-state index in [4.69, 9.17) is 13.9 Å². The molecule has 28 heavy (non-hydrogen) atoms. The number of carbonyl (C=O) groups excluding carboxylic acids is 2. The van der Waals surface area contributed by atoms with Crippen LogP contribution in [0.1, 0.15) is 20.8 Å². The third kappa shape index (κ3) is 7.47. The molecule has 152 valence electrons. The van der Waals surface area contributed by atoms with Gasteiger partial charge in [0.2, 0.25) is 11.8 Å². The first kappa shape index (κ1) is 21.5. The summed E-state index contributed by atoms with van der Waals surface area (Å²) in [5, 5.41) is 13.4. The molecule has 0 aliphatic rings. The quantitative estimate of drug-likeness (QED) is 0.506. The molecule has 0 radical (unpaired) electrons. The number of carbonyl (C=O) groups is 2. The van der Waals surface area contributed by atoms with Crippen molar-refractivity contribution in [3.05, 3.63) is 24.3 Å². The Morgan fingerprint density at radius 2 is 1.79 bits per heavy atom. The molecule has 1 aromatic heterocycles. The maximum absolute atomic E-state index is 11.9. The second-order valence-corrected chi connectivity index (χ2v) is 7.60. The number of hydrogen-bond acceptors (Lipinski definition) is 8. The average Bonchev–Trinajstić information content (AvgIpc) is 3.11. The van der Waals surface area contributed by atoms with Crippen molar-refractivity contribution in [3.8, 4) is 17.2 Å². The van der Waals surface area contributed by atoms with Crippen molar-refractivity contribution in [2.75, 3.05) is 26.0 Å². The zero-order valence-electron chi connectivity index (χ0n) is 16.3. The van der Waals surface area contributed by atoms with Crippen LogP contribution in [0.25, 0.3) is 11.5 Å². The largest absolute Gasteiger partial charge is 0.497 e. The van der Waals surface area contributed by atoms with Gasteiger partial charge in [-0.25, -0.2) is 4.79 Å². The van der Waals surface area contributed by atoms with Crippen molar-refractivity contribution in [1.82, 2.24) is 20.8 Å². The molecule has 0 bridgehead atoms. The summed E-state index contributed by atoms with van der Waals surface area (Å²) >= 11 is 1.13. The molecule has 0 aliphatic heterocycles. The Morgan fingerprint density at radius 3 is 2.43 bits per heavy atom. The Bertz CT molecular complexity index is 786. The molecule has 0 saturated carbocycles. The van der Waals surface area contributed by atoms with Gasteiger partial charge in [0.25, 0.3) is 5.22 Å². The Hall–Kier alpha value is -2.75. The minimum Gasteiger partial charge on any atom is -0.497 e. The van der Waals surface area contributed by atoms with E-state index in [0.29, 0.717) is 17.7 Å². The lowest BCUT2D eigenvalue weighted by Gasteiger charge is -2.19. The number of aromatic nitrogens is 2. The summed E-state index contributed by atoms with van der Waals surface area (Å²) in [5.74, 6) is 1.01. The molecular formula is C18H24N4O5S. The van der Waals surface area contributed by atoms with Crippen LogP contribution in [0.15, 0.2) is 33.9 Å². The van der Waals surface area contributed by atoms with Crippen LogP contribution in [0.4, 0.5) is 4.79 Å². The summed E-state index contributed by atoms with van der Waals surface area (Å²) in [6.07, 6.45) is -0.520. The molecule has 0 atom stereocenters. The number of alkyl carbamates (subject to hydrolysis) is 1. The number of hydrogen-bond donors (Lipinski definition) is 2. The van der Waals surface area contributed by atoms with E-state index in [1.165, 1.54) is 0 Å². The van der Waals surface area contributed by atoms with Gasteiger partial charge in [0.15, 0.2) is 0 Å². The van der Waals surface area contributed by atoms with Crippen LogP contribution in [-0.2, 0) is 9.53 Å². The summed E-state index contributed by atoms with van der Waals surface area (Å²) in [6.45, 7) is 5.91. The molecule has 0 unspecified atom stereocenters. The van der Waals surface area contributed by atoms with Crippen LogP contribution in [0.5, 0.6) is 5.75 Å². The highest BCUT2D eigenvalue weighted by Crippen LogP contribution is 2.24. The van der Waals surface area contributed by atoms with Gasteiger partial charge in [-0.05, 0) is 45.0 Å². The molecule has 1 heterocycles. The van der Waals surface area contributed by atoms with E-state index in [1.807, 2.05) is 12.1 Å². The smallest absolute Gasteiger partial charge is 0.407 e. The molecule has 0 saturated heterocycles. The number of rotatable bonds is 8. The molecular weight excluding hydrogens is 384 g/mol. The minimum absolute atomic E-state index is 0.122. The minimum atomic E-state index is -0.557. The van der Waals surface area contributed by atoms with Crippen LogP contribution in [0.3, 0.4) is 0 Å². The first-order valence-electron chi connectivity index (χ1n) is 8.61. The van der Waals surface area contributed by atoms with Crippen molar-refractivity contribution in [1.29, 1.82) is 0 Å². The fraction of sp³-hybridized carbons (Fsp3) is 0.444. The van der Waals surface area contributed by atoms with E-state index in [0.717, 1.165) is 23.1 Å². The van der Waals surface area contributed by atoms with Crippen LogP contribution in [0, 0.1) is 0 Å². The highest BCUT2D eigenvalue weighted by atomic mass is 32.2. The highest BCUT2D eigenvalue weighted by molar-refractivity contribution is 7.99. The summed E-state index contributed by atoms with van der Waals surface area (Å²) in [5.41, 5.74) is 0.205. The van der Waals surface area contributed by atoms with Crippen LogP contribution in [0.2, 0.25) is 0 Å². The van der Waals surface area contributed by atoms with E-state index in [-0.39, 0.29) is 18.2 Å². The lowest BCUT2D eigenvalue weighted by Crippen LogP contribution is -2.38. The van der Waals surface area contributed by atoms with E-state index >= 15 is 0 Å². The van der Waals surface area contributed by atoms with Gasteiger partial charge in [-0.15, -0.1) is 10.2 Å². The summed E-state index contributed by atoms with van der Waals surface area (Å²) in [4.78, 5) is 23.3. The summed E-state index contributed by atoms with van der Waals surface area (Å²) < 4.78 is 15.7. The second-order valence-electron chi connectivity index (χ2n) is 6.67. The maximum atomic E-state index is 11.9. The molecule has 2 N–H and O–H groups in total. The standard InChI is InChI=1S/C18H24N4O5S/c1-18(2,3)27-16(24)20-10-9-19-14(23)11-28-17-22-21-15(26-17)12-5-7-13(25-4)8-6-12/h5-8H,9-11H2,1-4H3,(H,19,23)(H,20,24). The Labute approximate surface area is 167 Å². The number of nitrogens with one attached hydrogen (secondary N) is 2. The molecule has 0 fully saturated rings. The lowest BCUT2D eigenvalue weighted by atomic mass is 10.2. The Kier molecular flexibility index (Phi) is 7.68. The molecule has 0 spiro atoms. The molecule has 10 heteroatoms. The Balaban J connectivity index is 1.69. The van der Waals surface area contributed by atoms with Gasteiger partial charge in [0.1, 0.15) is 11.4 Å². The van der Waals surface area contributed by atoms with Crippen molar-refractivity contribution >= 4 is 23.8 Å². The van der Waals surface area contributed by atoms with Crippen molar-refractivity contribution in [2.45, 2.75) is 31.6 Å². The topological polar surface area (TPSA) is 116 Å². The fourth-order valence-electron chi connectivity index (χ4n) is 1.98. The number of nitrogens with zero attached hydrogens (tertiary/aromatic N) is 2. The van der Waals surface area contributed by atoms with Gasteiger partial charge in [0.05, 0.1) is 12.9 Å². The predicted molar refractivity (Wildman–Crippen MR) is 104 cm³/mol. The zero-order chi connectivity index (χ0) is 20.6. The third-order valence-electron chi connectivity index (χ3n) is 3.19. The van der Waals surface area contributed by atoms with E-state index in [2.05, 4.69) is 20.8 Å². The number of ether oxygens (including phenoxy) is 2. The number of benzene rings is 1. The molecule has 1 aromatic carbocycles. The third-order valence-corrected chi connectivity index (χ3v) is 4.00. The van der Waals surface area contributed by atoms with Gasteiger partial charge >= 0.3 is 6.09 Å². The van der Waals surface area contributed by atoms with Gasteiger partial charge in [0, 0.05) is 18.7 Å². The molecule has 2 rings (SSSR count). The van der Waals surface area contributed by atoms with Crippen LogP contribution < -0.4 is 15.4 Å². The Morgan fingerprint density at radius 1 is 1.11 bits per heavy atom. The van der Waals surface area contributed by atoms with E-state index in [1.54, 1.807) is 40.0 Å². The van der Waals surface area contributed by atoms with Gasteiger partial charge in [-0.3, -0.25) is 4.79 Å². The predicted octanol–water partition coefficient (Wildman–Crippen LogP) is 2.48. The number of amides is 2. The van der Waals surface area contributed by atoms with Crippen molar-refractivity contribution < 1.29 is 23.5 Å². The number of thioether (sulfide) groups is 1. The summed E-state index contributed by atoms with van der Waals surface area (Å²) in [6, 6.07) is 7.21. The second kappa shape index (κ2) is 9.98. The normalized spacial score (nSPS) is 11.0. The summed E-state index contributed by atoms with van der Waals surface area (Å²) in [7, 11) is 1.59. The lowest BCUT2D eigenvalue weighted by molar-refractivity contribution is -0.118. The van der Waals surface area contributed by atoms with Crippen LogP contribution >= 0.6 is 11.8 Å². The monoisotopic (exact) mass is 408 g/mol. The fourth-order valence-corrected chi connectivity index (χ4v) is 2.57. The highest BCUT2D eigenvalue weighted by Gasteiger charge is 2.15. The van der Waals surface area contributed by atoms with Crippen LogP contribution in [-0.4, -0.2) is 53.8 Å². The van der Waals surface area contributed by atoms with Crippen molar-refractivity contribution in [3.63, 3.8) is 0 Å². The maximum Gasteiger partial charge on any atom is 0.407 e. The SMILES string of the molecule is COc1ccc(-c2nnc(SCC(=O)NCCNC(=O)OC(C)(C)C)o2)cc1. The zero-order valence-corrected chi connectivity index (χ0v) is 17.1. The molecule has 2 aromatic rings.